The molecule has 0 amide bonds. The molecule has 2 rings (SSSR count). The third-order valence-electron chi connectivity index (χ3n) is 3.00. The zero-order chi connectivity index (χ0) is 16.1. The van der Waals surface area contributed by atoms with Crippen molar-refractivity contribution in [3.8, 4) is 17.0 Å². The molecule has 6 heteroatoms. The van der Waals surface area contributed by atoms with Crippen LogP contribution in [0.3, 0.4) is 0 Å². The number of nitrogens with zero attached hydrogens (tertiary/aromatic N) is 1. The van der Waals surface area contributed by atoms with E-state index in [2.05, 4.69) is 4.98 Å². The molecule has 0 aliphatic rings. The van der Waals surface area contributed by atoms with Crippen molar-refractivity contribution in [2.75, 3.05) is 13.7 Å². The first kappa shape index (κ1) is 15.5. The zero-order valence-electron chi connectivity index (χ0n) is 12.2. The minimum atomic E-state index is -1.12. The second-order valence-electron chi connectivity index (χ2n) is 4.38. The fourth-order valence-electron chi connectivity index (χ4n) is 1.94. The molecule has 0 atom stereocenters. The number of benzene rings is 1. The minimum Gasteiger partial charge on any atom is -0.480 e. The van der Waals surface area contributed by atoms with Crippen molar-refractivity contribution in [2.24, 2.45) is 0 Å². The lowest BCUT2D eigenvalue weighted by atomic mass is 10.0. The molecule has 0 bridgehead atoms. The Morgan fingerprint density at radius 3 is 2.41 bits per heavy atom. The predicted octanol–water partition coefficient (Wildman–Crippen LogP) is 2.63. The van der Waals surface area contributed by atoms with Crippen LogP contribution in [0, 0.1) is 0 Å². The Hall–Kier alpha value is -2.89. The van der Waals surface area contributed by atoms with Gasteiger partial charge in [0, 0.05) is 11.8 Å². The molecular weight excluding hydrogens is 286 g/mol. The van der Waals surface area contributed by atoms with Gasteiger partial charge in [0.15, 0.2) is 0 Å². The molecule has 1 N–H and O–H groups in total. The molecule has 0 radical (unpaired) electrons. The van der Waals surface area contributed by atoms with E-state index < -0.39 is 11.9 Å². The van der Waals surface area contributed by atoms with Crippen molar-refractivity contribution >= 4 is 11.9 Å². The number of carbonyl (C=O) groups excluding carboxylic acids is 1. The Kier molecular flexibility index (Phi) is 4.73. The van der Waals surface area contributed by atoms with Crippen LogP contribution in [0.5, 0.6) is 5.88 Å². The van der Waals surface area contributed by atoms with Crippen LogP contribution in [-0.2, 0) is 4.74 Å². The standard InChI is InChI=1S/C16H15NO5/c1-3-22-16(20)11-6-4-10(5-7-11)12-8-13(15(18)19)14(21-2)17-9-12/h4-9H,3H2,1-2H3,(H,18,19). The van der Waals surface area contributed by atoms with E-state index in [-0.39, 0.29) is 11.4 Å². The molecule has 0 aliphatic heterocycles. The van der Waals surface area contributed by atoms with Crippen LogP contribution >= 0.6 is 0 Å². The van der Waals surface area contributed by atoms with E-state index in [1.54, 1.807) is 31.2 Å². The second kappa shape index (κ2) is 6.71. The number of hydrogen-bond acceptors (Lipinski definition) is 5. The molecule has 114 valence electrons. The highest BCUT2D eigenvalue weighted by molar-refractivity contribution is 5.92. The number of methoxy groups -OCH3 is 1. The van der Waals surface area contributed by atoms with Gasteiger partial charge in [0.05, 0.1) is 19.3 Å². The van der Waals surface area contributed by atoms with Crippen molar-refractivity contribution in [1.82, 2.24) is 4.98 Å². The number of pyridine rings is 1. The Balaban J connectivity index is 2.34. The summed E-state index contributed by atoms with van der Waals surface area (Å²) in [5.74, 6) is -1.46. The Morgan fingerprint density at radius 1 is 1.18 bits per heavy atom. The molecule has 1 heterocycles. The normalized spacial score (nSPS) is 10.1. The lowest BCUT2D eigenvalue weighted by Gasteiger charge is -2.07. The van der Waals surface area contributed by atoms with Crippen molar-refractivity contribution in [3.05, 3.63) is 47.7 Å². The summed E-state index contributed by atoms with van der Waals surface area (Å²) in [6.07, 6.45) is 1.52. The molecular formula is C16H15NO5. The maximum absolute atomic E-state index is 11.6. The predicted molar refractivity (Wildman–Crippen MR) is 79.1 cm³/mol. The molecule has 2 aromatic rings. The molecule has 22 heavy (non-hydrogen) atoms. The maximum atomic E-state index is 11.6. The second-order valence-corrected chi connectivity index (χ2v) is 4.38. The average Bonchev–Trinajstić information content (AvgIpc) is 2.54. The van der Waals surface area contributed by atoms with Crippen LogP contribution in [-0.4, -0.2) is 35.7 Å². The van der Waals surface area contributed by atoms with Crippen molar-refractivity contribution in [1.29, 1.82) is 0 Å². The van der Waals surface area contributed by atoms with Gasteiger partial charge in [0.25, 0.3) is 0 Å². The Bertz CT molecular complexity index is 694. The molecule has 0 saturated heterocycles. The summed E-state index contributed by atoms with van der Waals surface area (Å²) in [5.41, 5.74) is 1.78. The molecule has 0 fully saturated rings. The summed E-state index contributed by atoms with van der Waals surface area (Å²) in [6.45, 7) is 2.05. The fraction of sp³-hybridized carbons (Fsp3) is 0.188. The summed E-state index contributed by atoms with van der Waals surface area (Å²) >= 11 is 0. The summed E-state index contributed by atoms with van der Waals surface area (Å²) in [7, 11) is 1.36. The van der Waals surface area contributed by atoms with Gasteiger partial charge in [-0.1, -0.05) is 12.1 Å². The number of carbonyl (C=O) groups is 2. The fourth-order valence-corrected chi connectivity index (χ4v) is 1.94. The van der Waals surface area contributed by atoms with E-state index >= 15 is 0 Å². The number of aromatic carboxylic acids is 1. The van der Waals surface area contributed by atoms with Gasteiger partial charge in [-0.2, -0.15) is 0 Å². The average molecular weight is 301 g/mol. The van der Waals surface area contributed by atoms with Gasteiger partial charge in [-0.05, 0) is 30.7 Å². The molecule has 0 saturated carbocycles. The van der Waals surface area contributed by atoms with E-state index in [9.17, 15) is 9.59 Å². The highest BCUT2D eigenvalue weighted by Crippen LogP contribution is 2.24. The largest absolute Gasteiger partial charge is 0.480 e. The van der Waals surface area contributed by atoms with Crippen molar-refractivity contribution in [2.45, 2.75) is 6.92 Å². The third-order valence-corrected chi connectivity index (χ3v) is 3.00. The number of esters is 1. The Morgan fingerprint density at radius 2 is 1.86 bits per heavy atom. The minimum absolute atomic E-state index is 0.0190. The first-order chi connectivity index (χ1) is 10.6. The summed E-state index contributed by atoms with van der Waals surface area (Å²) in [4.78, 5) is 26.8. The van der Waals surface area contributed by atoms with Gasteiger partial charge < -0.3 is 14.6 Å². The lowest BCUT2D eigenvalue weighted by molar-refractivity contribution is 0.0526. The van der Waals surface area contributed by atoms with Gasteiger partial charge in [0.2, 0.25) is 5.88 Å². The number of hydrogen-bond donors (Lipinski definition) is 1. The molecule has 1 aromatic carbocycles. The van der Waals surface area contributed by atoms with E-state index in [1.807, 2.05) is 0 Å². The van der Waals surface area contributed by atoms with Crippen LogP contribution in [0.2, 0.25) is 0 Å². The van der Waals surface area contributed by atoms with E-state index in [0.29, 0.717) is 17.7 Å². The summed E-state index contributed by atoms with van der Waals surface area (Å²) in [5, 5.41) is 9.16. The number of rotatable bonds is 5. The van der Waals surface area contributed by atoms with Crippen molar-refractivity contribution < 1.29 is 24.2 Å². The number of carboxylic acids is 1. The van der Waals surface area contributed by atoms with E-state index in [0.717, 1.165) is 5.56 Å². The summed E-state index contributed by atoms with van der Waals surface area (Å²) in [6, 6.07) is 8.15. The molecule has 0 spiro atoms. The number of aromatic nitrogens is 1. The molecule has 0 aliphatic carbocycles. The first-order valence-corrected chi connectivity index (χ1v) is 6.61. The van der Waals surface area contributed by atoms with Gasteiger partial charge >= 0.3 is 11.9 Å². The first-order valence-electron chi connectivity index (χ1n) is 6.61. The highest BCUT2D eigenvalue weighted by Gasteiger charge is 2.14. The molecule has 6 nitrogen and oxygen atoms in total. The molecule has 0 unspecified atom stereocenters. The lowest BCUT2D eigenvalue weighted by Crippen LogP contribution is -2.04. The SMILES string of the molecule is CCOC(=O)c1ccc(-c2cnc(OC)c(C(=O)O)c2)cc1. The monoisotopic (exact) mass is 301 g/mol. The number of ether oxygens (including phenoxy) is 2. The summed E-state index contributed by atoms with van der Waals surface area (Å²) < 4.78 is 9.83. The van der Waals surface area contributed by atoms with Gasteiger partial charge in [-0.25, -0.2) is 14.6 Å². The van der Waals surface area contributed by atoms with Gasteiger partial charge in [-0.15, -0.1) is 0 Å². The zero-order valence-corrected chi connectivity index (χ0v) is 12.2. The van der Waals surface area contributed by atoms with Gasteiger partial charge in [0.1, 0.15) is 5.56 Å². The van der Waals surface area contributed by atoms with Crippen LogP contribution < -0.4 is 4.74 Å². The third kappa shape index (κ3) is 3.22. The smallest absolute Gasteiger partial charge is 0.341 e. The highest BCUT2D eigenvalue weighted by atomic mass is 16.5. The van der Waals surface area contributed by atoms with Crippen LogP contribution in [0.1, 0.15) is 27.6 Å². The van der Waals surface area contributed by atoms with E-state index in [1.165, 1.54) is 19.4 Å². The molecule has 1 aromatic heterocycles. The quantitative estimate of drug-likeness (QED) is 0.854. The topological polar surface area (TPSA) is 85.7 Å². The Labute approximate surface area is 127 Å². The maximum Gasteiger partial charge on any atom is 0.341 e. The van der Waals surface area contributed by atoms with Crippen LogP contribution in [0.25, 0.3) is 11.1 Å². The van der Waals surface area contributed by atoms with Crippen molar-refractivity contribution in [3.63, 3.8) is 0 Å². The van der Waals surface area contributed by atoms with Gasteiger partial charge in [-0.3, -0.25) is 0 Å². The van der Waals surface area contributed by atoms with Crippen LogP contribution in [0.4, 0.5) is 0 Å². The van der Waals surface area contributed by atoms with E-state index in [4.69, 9.17) is 14.6 Å². The van der Waals surface area contributed by atoms with Crippen LogP contribution in [0.15, 0.2) is 36.5 Å². The number of carboxylic acid groups (broad SMARTS) is 1.